The molecule has 0 bridgehead atoms. The molecule has 1 aromatic carbocycles. The monoisotopic (exact) mass is 484 g/mol. The summed E-state index contributed by atoms with van der Waals surface area (Å²) in [6, 6.07) is 5.22. The second-order valence-corrected chi connectivity index (χ2v) is 9.52. The maximum atomic E-state index is 13.2. The summed E-state index contributed by atoms with van der Waals surface area (Å²) in [4.78, 5) is 42.1. The number of aromatic nitrogens is 2. The van der Waals surface area contributed by atoms with Gasteiger partial charge in [-0.3, -0.25) is 13.9 Å². The molecule has 9 nitrogen and oxygen atoms in total. The summed E-state index contributed by atoms with van der Waals surface area (Å²) in [6.45, 7) is 9.84. The molecule has 1 saturated heterocycles. The van der Waals surface area contributed by atoms with E-state index < -0.39 is 0 Å². The normalized spacial score (nSPS) is 20.7. The van der Waals surface area contributed by atoms with Crippen molar-refractivity contribution >= 4 is 17.0 Å². The third kappa shape index (κ3) is 5.09. The molecule has 35 heavy (non-hydrogen) atoms. The Hall–Kier alpha value is -3.23. The minimum atomic E-state index is -0.279. The maximum Gasteiger partial charge on any atom is 0.409 e. The van der Waals surface area contributed by atoms with Gasteiger partial charge in [0.05, 0.1) is 24.6 Å². The molecule has 0 radical (unpaired) electrons. The van der Waals surface area contributed by atoms with Gasteiger partial charge in [-0.1, -0.05) is 6.58 Å². The van der Waals surface area contributed by atoms with Crippen LogP contribution in [0.5, 0.6) is 5.75 Å². The van der Waals surface area contributed by atoms with Crippen LogP contribution in [0.1, 0.15) is 32.6 Å². The van der Waals surface area contributed by atoms with E-state index in [4.69, 9.17) is 9.47 Å². The molecule has 0 N–H and O–H groups in total. The van der Waals surface area contributed by atoms with Crippen LogP contribution in [0.4, 0.5) is 4.79 Å². The van der Waals surface area contributed by atoms with Crippen LogP contribution >= 0.6 is 0 Å². The van der Waals surface area contributed by atoms with Crippen molar-refractivity contribution in [3.05, 3.63) is 51.3 Å². The highest BCUT2D eigenvalue weighted by atomic mass is 16.6. The minimum Gasteiger partial charge on any atom is -0.497 e. The topological polar surface area (TPSA) is 86.0 Å². The van der Waals surface area contributed by atoms with Crippen molar-refractivity contribution in [3.63, 3.8) is 0 Å². The molecule has 2 aliphatic rings. The summed E-state index contributed by atoms with van der Waals surface area (Å²) in [5, 5.41) is 0.496. The Labute approximate surface area is 205 Å². The predicted molar refractivity (Wildman–Crippen MR) is 135 cm³/mol. The van der Waals surface area contributed by atoms with Crippen molar-refractivity contribution in [1.82, 2.24) is 18.9 Å². The average Bonchev–Trinajstić information content (AvgIpc) is 2.89. The third-order valence-electron chi connectivity index (χ3n) is 7.53. The van der Waals surface area contributed by atoms with E-state index in [9.17, 15) is 14.4 Å². The summed E-state index contributed by atoms with van der Waals surface area (Å²) in [5.74, 6) is 1.26. The molecule has 1 aromatic heterocycles. The molecule has 1 amide bonds. The largest absolute Gasteiger partial charge is 0.497 e. The molecule has 2 fully saturated rings. The van der Waals surface area contributed by atoms with E-state index in [1.165, 1.54) is 4.57 Å². The molecule has 1 aliphatic carbocycles. The smallest absolute Gasteiger partial charge is 0.409 e. The van der Waals surface area contributed by atoms with Crippen LogP contribution in [0.2, 0.25) is 0 Å². The first-order valence-electron chi connectivity index (χ1n) is 12.5. The Kier molecular flexibility index (Phi) is 7.52. The number of aryl methyl sites for hydroxylation is 1. The Morgan fingerprint density at radius 3 is 2.34 bits per heavy atom. The lowest BCUT2D eigenvalue weighted by atomic mass is 9.80. The van der Waals surface area contributed by atoms with Gasteiger partial charge in [0, 0.05) is 45.5 Å². The van der Waals surface area contributed by atoms with Gasteiger partial charge in [0.25, 0.3) is 5.56 Å². The fourth-order valence-corrected chi connectivity index (χ4v) is 5.37. The van der Waals surface area contributed by atoms with Crippen molar-refractivity contribution < 1.29 is 14.3 Å². The van der Waals surface area contributed by atoms with Gasteiger partial charge in [0.1, 0.15) is 5.75 Å². The Balaban J connectivity index is 1.37. The standard InChI is InChI=1S/C26H36N4O5/c1-5-35-26(33)29-14-12-28(13-15-29)18(2)20-8-6-19(7-9-20)17-30-24(31)22-16-21(34-4)10-11-23(22)27(3)25(30)32/h10-11,16,19-20H,2,5-9,12-15,17H2,1,3-4H3. The number of benzene rings is 1. The number of hydrogen-bond acceptors (Lipinski definition) is 6. The number of methoxy groups -OCH3 is 1. The molecule has 0 spiro atoms. The van der Waals surface area contributed by atoms with E-state index in [1.54, 1.807) is 41.8 Å². The highest BCUT2D eigenvalue weighted by Gasteiger charge is 2.29. The highest BCUT2D eigenvalue weighted by Crippen LogP contribution is 2.35. The highest BCUT2D eigenvalue weighted by molar-refractivity contribution is 5.79. The van der Waals surface area contributed by atoms with Crippen LogP contribution in [-0.4, -0.2) is 64.9 Å². The summed E-state index contributed by atoms with van der Waals surface area (Å²) in [7, 11) is 3.27. The Morgan fingerprint density at radius 2 is 1.71 bits per heavy atom. The molecule has 2 aromatic rings. The molecular weight excluding hydrogens is 448 g/mol. The fraction of sp³-hybridized carbons (Fsp3) is 0.577. The zero-order valence-corrected chi connectivity index (χ0v) is 21.0. The summed E-state index contributed by atoms with van der Waals surface area (Å²) in [6.07, 6.45) is 3.61. The van der Waals surface area contributed by atoms with Gasteiger partial charge in [-0.15, -0.1) is 0 Å². The molecule has 1 saturated carbocycles. The fourth-order valence-electron chi connectivity index (χ4n) is 5.37. The van der Waals surface area contributed by atoms with E-state index in [-0.39, 0.29) is 23.3 Å². The Morgan fingerprint density at radius 1 is 1.06 bits per heavy atom. The number of amides is 1. The van der Waals surface area contributed by atoms with Crippen molar-refractivity contribution in [2.24, 2.45) is 18.9 Å². The second-order valence-electron chi connectivity index (χ2n) is 9.52. The molecular formula is C26H36N4O5. The summed E-state index contributed by atoms with van der Waals surface area (Å²) < 4.78 is 13.3. The number of piperazine rings is 1. The van der Waals surface area contributed by atoms with E-state index in [2.05, 4.69) is 11.5 Å². The number of rotatable bonds is 6. The van der Waals surface area contributed by atoms with Crippen molar-refractivity contribution in [2.75, 3.05) is 39.9 Å². The average molecular weight is 485 g/mol. The van der Waals surface area contributed by atoms with Crippen LogP contribution in [0.3, 0.4) is 0 Å². The lowest BCUT2D eigenvalue weighted by Crippen LogP contribution is -2.49. The number of carbonyl (C=O) groups is 1. The van der Waals surface area contributed by atoms with Gasteiger partial charge in [0.2, 0.25) is 0 Å². The third-order valence-corrected chi connectivity index (χ3v) is 7.53. The lowest BCUT2D eigenvalue weighted by molar-refractivity contribution is 0.0830. The van der Waals surface area contributed by atoms with Crippen molar-refractivity contribution in [2.45, 2.75) is 39.2 Å². The van der Waals surface area contributed by atoms with Crippen LogP contribution < -0.4 is 16.0 Å². The van der Waals surface area contributed by atoms with Gasteiger partial charge in [-0.05, 0) is 62.6 Å². The lowest BCUT2D eigenvalue weighted by Gasteiger charge is -2.40. The van der Waals surface area contributed by atoms with E-state index >= 15 is 0 Å². The first-order valence-corrected chi connectivity index (χ1v) is 12.5. The number of ether oxygens (including phenoxy) is 2. The predicted octanol–water partition coefficient (Wildman–Crippen LogP) is 2.80. The molecule has 2 heterocycles. The first kappa shape index (κ1) is 24.9. The van der Waals surface area contributed by atoms with E-state index in [0.717, 1.165) is 44.5 Å². The van der Waals surface area contributed by atoms with Gasteiger partial charge in [-0.2, -0.15) is 0 Å². The quantitative estimate of drug-likeness (QED) is 0.627. The van der Waals surface area contributed by atoms with Gasteiger partial charge < -0.3 is 19.3 Å². The maximum absolute atomic E-state index is 13.2. The molecule has 0 atom stereocenters. The number of carbonyl (C=O) groups excluding carboxylic acids is 1. The number of nitrogens with zero attached hydrogens (tertiary/aromatic N) is 4. The van der Waals surface area contributed by atoms with Crippen LogP contribution in [0.25, 0.3) is 10.9 Å². The SMILES string of the molecule is C=C(C1CCC(Cn2c(=O)c3cc(OC)ccc3n(C)c2=O)CC1)N1CCN(C(=O)OCC)CC1. The molecule has 190 valence electrons. The summed E-state index contributed by atoms with van der Waals surface area (Å²) in [5.41, 5.74) is 1.21. The number of allylic oxidation sites excluding steroid dienone is 1. The van der Waals surface area contributed by atoms with Crippen molar-refractivity contribution in [3.8, 4) is 5.75 Å². The number of hydrogen-bond donors (Lipinski definition) is 0. The zero-order chi connectivity index (χ0) is 25.1. The summed E-state index contributed by atoms with van der Waals surface area (Å²) >= 11 is 0. The van der Waals surface area contributed by atoms with Gasteiger partial charge in [-0.25, -0.2) is 9.59 Å². The van der Waals surface area contributed by atoms with E-state index in [0.29, 0.717) is 48.8 Å². The van der Waals surface area contributed by atoms with Crippen LogP contribution in [0, 0.1) is 11.8 Å². The van der Waals surface area contributed by atoms with Gasteiger partial charge >= 0.3 is 11.8 Å². The van der Waals surface area contributed by atoms with Crippen molar-refractivity contribution in [1.29, 1.82) is 0 Å². The zero-order valence-electron chi connectivity index (χ0n) is 21.0. The van der Waals surface area contributed by atoms with Gasteiger partial charge in [0.15, 0.2) is 0 Å². The molecule has 1 aliphatic heterocycles. The minimum absolute atomic E-state index is 0.244. The first-order chi connectivity index (χ1) is 16.8. The molecule has 0 unspecified atom stereocenters. The van der Waals surface area contributed by atoms with Crippen LogP contribution in [0.15, 0.2) is 40.1 Å². The van der Waals surface area contributed by atoms with Crippen LogP contribution in [-0.2, 0) is 18.3 Å². The second kappa shape index (κ2) is 10.6. The Bertz CT molecular complexity index is 1200. The van der Waals surface area contributed by atoms with E-state index in [1.807, 2.05) is 6.92 Å². The molecule has 4 rings (SSSR count). The molecule has 9 heteroatoms. The number of fused-ring (bicyclic) bond motifs is 1.